The van der Waals surface area contributed by atoms with Crippen molar-refractivity contribution in [3.05, 3.63) is 29.3 Å². The number of halogens is 2. The number of benzene rings is 1. The molecule has 0 spiro atoms. The maximum Gasteiger partial charge on any atom is 0.326 e. The number of amides is 1. The van der Waals surface area contributed by atoms with Gasteiger partial charge >= 0.3 is 5.97 Å². The molecule has 0 saturated heterocycles. The van der Waals surface area contributed by atoms with E-state index < -0.39 is 40.8 Å². The van der Waals surface area contributed by atoms with Crippen molar-refractivity contribution in [1.82, 2.24) is 5.32 Å². The van der Waals surface area contributed by atoms with Gasteiger partial charge in [-0.05, 0) is 19.1 Å². The Kier molecular flexibility index (Phi) is 6.02. The van der Waals surface area contributed by atoms with E-state index in [1.165, 1.54) is 18.2 Å². The van der Waals surface area contributed by atoms with Crippen molar-refractivity contribution < 1.29 is 31.9 Å². The molecule has 0 aliphatic rings. The number of rotatable bonds is 7. The van der Waals surface area contributed by atoms with Gasteiger partial charge in [-0.2, -0.15) is 0 Å². The highest BCUT2D eigenvalue weighted by molar-refractivity contribution is 7.92. The predicted octanol–water partition coefficient (Wildman–Crippen LogP) is 1.20. The van der Waals surface area contributed by atoms with Crippen LogP contribution < -0.4 is 10.0 Å². The number of aliphatic carboxylic acids is 1. The van der Waals surface area contributed by atoms with Crippen molar-refractivity contribution in [1.29, 1.82) is 0 Å². The SMILES string of the molecule is Cc1ccc(NS(C)(=O)=O)c(C(=O)NC(CC(F)F)C(=O)O)c1. The molecule has 0 aliphatic carbocycles. The van der Waals surface area contributed by atoms with Crippen molar-refractivity contribution in [2.75, 3.05) is 11.0 Å². The van der Waals surface area contributed by atoms with E-state index in [0.29, 0.717) is 5.56 Å². The van der Waals surface area contributed by atoms with Gasteiger partial charge in [0.2, 0.25) is 16.4 Å². The summed E-state index contributed by atoms with van der Waals surface area (Å²) in [5.41, 5.74) is 0.377. The molecule has 0 aliphatic heterocycles. The molecule has 1 aromatic rings. The molecule has 23 heavy (non-hydrogen) atoms. The number of carbonyl (C=O) groups is 2. The van der Waals surface area contributed by atoms with Gasteiger partial charge in [-0.3, -0.25) is 9.52 Å². The summed E-state index contributed by atoms with van der Waals surface area (Å²) < 4.78 is 49.4. The van der Waals surface area contributed by atoms with E-state index in [9.17, 15) is 26.8 Å². The van der Waals surface area contributed by atoms with Crippen molar-refractivity contribution >= 4 is 27.6 Å². The molecule has 0 bridgehead atoms. The molecule has 1 atom stereocenters. The third-order valence-electron chi connectivity index (χ3n) is 2.73. The number of nitrogens with one attached hydrogen (secondary N) is 2. The average molecular weight is 350 g/mol. The van der Waals surface area contributed by atoms with Crippen LogP contribution in [0.5, 0.6) is 0 Å². The zero-order valence-electron chi connectivity index (χ0n) is 12.3. The minimum Gasteiger partial charge on any atom is -0.480 e. The van der Waals surface area contributed by atoms with Gasteiger partial charge in [0.15, 0.2) is 0 Å². The van der Waals surface area contributed by atoms with Crippen LogP contribution in [-0.4, -0.2) is 44.1 Å². The first-order chi connectivity index (χ1) is 10.5. The van der Waals surface area contributed by atoms with Crippen LogP contribution in [0.2, 0.25) is 0 Å². The van der Waals surface area contributed by atoms with Gasteiger partial charge in [-0.1, -0.05) is 11.6 Å². The quantitative estimate of drug-likeness (QED) is 0.684. The zero-order valence-corrected chi connectivity index (χ0v) is 13.2. The normalized spacial score (nSPS) is 12.7. The molecule has 0 radical (unpaired) electrons. The second-order valence-corrected chi connectivity index (χ2v) is 6.66. The fourth-order valence-corrected chi connectivity index (χ4v) is 2.35. The molecule has 1 rings (SSSR count). The summed E-state index contributed by atoms with van der Waals surface area (Å²) in [6.07, 6.45) is -3.09. The summed E-state index contributed by atoms with van der Waals surface area (Å²) >= 11 is 0. The van der Waals surface area contributed by atoms with Gasteiger partial charge in [-0.25, -0.2) is 22.0 Å². The van der Waals surface area contributed by atoms with Crippen LogP contribution in [0.1, 0.15) is 22.3 Å². The second-order valence-electron chi connectivity index (χ2n) is 4.91. The number of hydrogen-bond acceptors (Lipinski definition) is 4. The van der Waals surface area contributed by atoms with Crippen LogP contribution >= 0.6 is 0 Å². The lowest BCUT2D eigenvalue weighted by molar-refractivity contribution is -0.140. The van der Waals surface area contributed by atoms with Crippen molar-refractivity contribution in [3.8, 4) is 0 Å². The number of aryl methyl sites for hydroxylation is 1. The number of carboxylic acids is 1. The molecule has 3 N–H and O–H groups in total. The minimum absolute atomic E-state index is 0.0724. The van der Waals surface area contributed by atoms with Gasteiger partial charge in [-0.15, -0.1) is 0 Å². The van der Waals surface area contributed by atoms with E-state index in [1.54, 1.807) is 6.92 Å². The van der Waals surface area contributed by atoms with E-state index in [0.717, 1.165) is 6.26 Å². The maximum atomic E-state index is 12.4. The molecular formula is C13H16F2N2O5S. The number of carboxylic acid groups (broad SMARTS) is 1. The monoisotopic (exact) mass is 350 g/mol. The van der Waals surface area contributed by atoms with Gasteiger partial charge in [0.1, 0.15) is 6.04 Å². The second kappa shape index (κ2) is 7.36. The molecule has 1 aromatic carbocycles. The van der Waals surface area contributed by atoms with Crippen LogP contribution in [0.4, 0.5) is 14.5 Å². The van der Waals surface area contributed by atoms with Gasteiger partial charge in [0.25, 0.3) is 5.91 Å². The molecule has 0 heterocycles. The first-order valence-corrected chi connectivity index (χ1v) is 8.29. The topological polar surface area (TPSA) is 113 Å². The Labute approximate surface area is 131 Å². The molecule has 1 unspecified atom stereocenters. The highest BCUT2D eigenvalue weighted by atomic mass is 32.2. The summed E-state index contributed by atoms with van der Waals surface area (Å²) in [5, 5.41) is 10.8. The van der Waals surface area contributed by atoms with Crippen LogP contribution in [0.25, 0.3) is 0 Å². The first kappa shape index (κ1) is 18.8. The van der Waals surface area contributed by atoms with E-state index in [-0.39, 0.29) is 11.3 Å². The lowest BCUT2D eigenvalue weighted by Gasteiger charge is -2.16. The highest BCUT2D eigenvalue weighted by Crippen LogP contribution is 2.19. The Balaban J connectivity index is 3.10. The molecule has 128 valence electrons. The Bertz CT molecular complexity index is 706. The van der Waals surface area contributed by atoms with Crippen molar-refractivity contribution in [3.63, 3.8) is 0 Å². The summed E-state index contributed by atoms with van der Waals surface area (Å²) in [7, 11) is -3.68. The molecule has 7 nitrogen and oxygen atoms in total. The smallest absolute Gasteiger partial charge is 0.326 e. The zero-order chi connectivity index (χ0) is 17.8. The van der Waals surface area contributed by atoms with Crippen LogP contribution in [-0.2, 0) is 14.8 Å². The summed E-state index contributed by atoms with van der Waals surface area (Å²) in [4.78, 5) is 23.1. The van der Waals surface area contributed by atoms with E-state index in [4.69, 9.17) is 5.11 Å². The molecule has 0 fully saturated rings. The van der Waals surface area contributed by atoms with E-state index >= 15 is 0 Å². The Morgan fingerprint density at radius 2 is 1.91 bits per heavy atom. The number of alkyl halides is 2. The summed E-state index contributed by atoms with van der Waals surface area (Å²) in [6, 6.07) is 2.41. The third-order valence-corrected chi connectivity index (χ3v) is 3.32. The third kappa shape index (κ3) is 6.19. The van der Waals surface area contributed by atoms with Crippen LogP contribution in [0.3, 0.4) is 0 Å². The van der Waals surface area contributed by atoms with Gasteiger partial charge in [0.05, 0.1) is 17.5 Å². The van der Waals surface area contributed by atoms with E-state index in [1.807, 2.05) is 5.32 Å². The largest absolute Gasteiger partial charge is 0.480 e. The number of anilines is 1. The highest BCUT2D eigenvalue weighted by Gasteiger charge is 2.26. The van der Waals surface area contributed by atoms with Crippen LogP contribution in [0.15, 0.2) is 18.2 Å². The Hall–Kier alpha value is -2.23. The maximum absolute atomic E-state index is 12.4. The molecular weight excluding hydrogens is 334 g/mol. The van der Waals surface area contributed by atoms with E-state index in [2.05, 4.69) is 4.72 Å². The van der Waals surface area contributed by atoms with Crippen molar-refractivity contribution in [2.24, 2.45) is 0 Å². The lowest BCUT2D eigenvalue weighted by Crippen LogP contribution is -2.42. The molecule has 0 saturated carbocycles. The van der Waals surface area contributed by atoms with Crippen LogP contribution in [0, 0.1) is 6.92 Å². The van der Waals surface area contributed by atoms with Crippen molar-refractivity contribution in [2.45, 2.75) is 25.8 Å². The fourth-order valence-electron chi connectivity index (χ4n) is 1.77. The Morgan fingerprint density at radius 3 is 2.39 bits per heavy atom. The number of carbonyl (C=O) groups excluding carboxylic acids is 1. The summed E-state index contributed by atoms with van der Waals surface area (Å²) in [5.74, 6) is -2.57. The molecule has 1 amide bonds. The Morgan fingerprint density at radius 1 is 1.30 bits per heavy atom. The summed E-state index contributed by atoms with van der Waals surface area (Å²) in [6.45, 7) is 1.63. The van der Waals surface area contributed by atoms with Gasteiger partial charge in [0, 0.05) is 6.42 Å². The fraction of sp³-hybridized carbons (Fsp3) is 0.385. The standard InChI is InChI=1S/C13H16F2N2O5S/c1-7-3-4-9(17-23(2,21)22)8(5-7)12(18)16-10(13(19)20)6-11(14)15/h3-5,10-11,17H,6H2,1-2H3,(H,16,18)(H,19,20). The number of sulfonamides is 1. The molecule has 10 heteroatoms. The molecule has 0 aromatic heterocycles. The number of hydrogen-bond donors (Lipinski definition) is 3. The average Bonchev–Trinajstić information content (AvgIpc) is 2.37. The van der Waals surface area contributed by atoms with Gasteiger partial charge < -0.3 is 10.4 Å². The minimum atomic E-state index is -3.68. The first-order valence-electron chi connectivity index (χ1n) is 6.40. The lowest BCUT2D eigenvalue weighted by atomic mass is 10.1. The predicted molar refractivity (Wildman–Crippen MR) is 79.2 cm³/mol.